The molecule has 38 heavy (non-hydrogen) atoms. The first-order valence-electron chi connectivity index (χ1n) is 11.9. The Morgan fingerprint density at radius 1 is 1.11 bits per heavy atom. The lowest BCUT2D eigenvalue weighted by molar-refractivity contribution is -0.140. The number of phenols is 1. The molecule has 0 bridgehead atoms. The zero-order valence-electron chi connectivity index (χ0n) is 20.6. The minimum atomic E-state index is -3.59. The van der Waals surface area contributed by atoms with Crippen LogP contribution in [0.4, 0.5) is 11.4 Å². The van der Waals surface area contributed by atoms with Crippen molar-refractivity contribution >= 4 is 33.3 Å². The SMILES string of the molecule is CS(=O)(=O)Nc1cc([C@@H](O)CNCc2cccc(-c3ccc4c(c3)CC(CC(=O)O)C(=O)N4)c2)ccc1O. The van der Waals surface area contributed by atoms with Gasteiger partial charge in [0.05, 0.1) is 30.4 Å². The average Bonchev–Trinajstić information content (AvgIpc) is 2.84. The number of aromatic hydroxyl groups is 1. The van der Waals surface area contributed by atoms with E-state index in [1.54, 1.807) is 0 Å². The molecule has 0 radical (unpaired) electrons. The number of aliphatic hydroxyl groups is 1. The number of hydrogen-bond donors (Lipinski definition) is 6. The number of amides is 1. The molecular weight excluding hydrogens is 510 g/mol. The number of rotatable bonds is 10. The standard InChI is InChI=1S/C27H29N3O7S/c1-38(36,37)30-23-12-19(6-8-24(23)31)25(32)15-28-14-16-3-2-4-17(9-16)18-5-7-22-20(10-18)11-21(13-26(33)34)27(35)29-22/h2-10,12,21,25,28,30-32H,11,13-15H2,1H3,(H,29,35)(H,33,34)/t21?,25-/m0/s1. The number of benzene rings is 3. The minimum absolute atomic E-state index is 0.00403. The van der Waals surface area contributed by atoms with Crippen molar-refractivity contribution in [3.63, 3.8) is 0 Å². The maximum absolute atomic E-state index is 12.2. The normalized spacial score (nSPS) is 15.8. The molecule has 11 heteroatoms. The molecule has 1 aliphatic rings. The molecule has 10 nitrogen and oxygen atoms in total. The van der Waals surface area contributed by atoms with Crippen LogP contribution >= 0.6 is 0 Å². The third-order valence-electron chi connectivity index (χ3n) is 6.25. The number of phenolic OH excluding ortho intramolecular Hbond substituents is 1. The Morgan fingerprint density at radius 2 is 1.87 bits per heavy atom. The zero-order valence-corrected chi connectivity index (χ0v) is 21.5. The van der Waals surface area contributed by atoms with Crippen molar-refractivity contribution in [1.29, 1.82) is 0 Å². The van der Waals surface area contributed by atoms with Crippen LogP contribution in [0.3, 0.4) is 0 Å². The Hall–Kier alpha value is -3.93. The zero-order chi connectivity index (χ0) is 27.4. The van der Waals surface area contributed by atoms with Crippen LogP contribution in [0.1, 0.15) is 29.2 Å². The highest BCUT2D eigenvalue weighted by Gasteiger charge is 2.28. The first kappa shape index (κ1) is 27.1. The molecule has 0 aromatic heterocycles. The van der Waals surface area contributed by atoms with E-state index in [1.165, 1.54) is 18.2 Å². The number of sulfonamides is 1. The summed E-state index contributed by atoms with van der Waals surface area (Å²) in [4.78, 5) is 23.3. The number of carboxylic acids is 1. The second kappa shape index (κ2) is 11.2. The predicted molar refractivity (Wildman–Crippen MR) is 143 cm³/mol. The fourth-order valence-electron chi connectivity index (χ4n) is 4.41. The van der Waals surface area contributed by atoms with Crippen LogP contribution < -0.4 is 15.4 Å². The van der Waals surface area contributed by atoms with Gasteiger partial charge in [-0.1, -0.05) is 30.3 Å². The van der Waals surface area contributed by atoms with E-state index >= 15 is 0 Å². The smallest absolute Gasteiger partial charge is 0.304 e. The molecule has 200 valence electrons. The molecule has 6 N–H and O–H groups in total. The molecular formula is C27H29N3O7S. The minimum Gasteiger partial charge on any atom is -0.506 e. The van der Waals surface area contributed by atoms with E-state index in [0.717, 1.165) is 28.5 Å². The molecule has 1 aliphatic heterocycles. The number of nitrogens with one attached hydrogen (secondary N) is 3. The molecule has 0 saturated carbocycles. The Morgan fingerprint density at radius 3 is 2.61 bits per heavy atom. The van der Waals surface area contributed by atoms with Gasteiger partial charge < -0.3 is 26.0 Å². The lowest BCUT2D eigenvalue weighted by Gasteiger charge is -2.24. The largest absolute Gasteiger partial charge is 0.506 e. The van der Waals surface area contributed by atoms with Crippen LogP contribution in [0, 0.1) is 5.92 Å². The highest BCUT2D eigenvalue weighted by Crippen LogP contribution is 2.32. The van der Waals surface area contributed by atoms with Gasteiger partial charge in [-0.25, -0.2) is 8.42 Å². The molecule has 1 unspecified atom stereocenters. The summed E-state index contributed by atoms with van der Waals surface area (Å²) >= 11 is 0. The Bertz CT molecular complexity index is 1470. The van der Waals surface area contributed by atoms with E-state index in [9.17, 15) is 28.2 Å². The number of carbonyl (C=O) groups is 2. The fraction of sp³-hybridized carbons (Fsp3) is 0.259. The van der Waals surface area contributed by atoms with Crippen molar-refractivity contribution in [3.05, 3.63) is 77.4 Å². The Labute approximate surface area is 220 Å². The topological polar surface area (TPSA) is 165 Å². The van der Waals surface area contributed by atoms with Gasteiger partial charge in [0.1, 0.15) is 5.75 Å². The molecule has 2 atom stereocenters. The van der Waals surface area contributed by atoms with Crippen LogP contribution in [0.25, 0.3) is 11.1 Å². The maximum atomic E-state index is 12.2. The Kier molecular flexibility index (Phi) is 8.00. The van der Waals surface area contributed by atoms with Gasteiger partial charge in [-0.05, 0) is 64.6 Å². The predicted octanol–water partition coefficient (Wildman–Crippen LogP) is 2.84. The molecule has 1 heterocycles. The third kappa shape index (κ3) is 6.88. The van der Waals surface area contributed by atoms with E-state index in [4.69, 9.17) is 5.11 Å². The number of fused-ring (bicyclic) bond motifs is 1. The van der Waals surface area contributed by atoms with E-state index < -0.39 is 28.0 Å². The van der Waals surface area contributed by atoms with Gasteiger partial charge in [-0.2, -0.15) is 0 Å². The van der Waals surface area contributed by atoms with Gasteiger partial charge in [-0.15, -0.1) is 0 Å². The van der Waals surface area contributed by atoms with E-state index in [-0.39, 0.29) is 30.3 Å². The Balaban J connectivity index is 1.41. The van der Waals surface area contributed by atoms with Crippen LogP contribution in [-0.4, -0.2) is 48.4 Å². The van der Waals surface area contributed by atoms with Crippen molar-refractivity contribution in [2.75, 3.05) is 22.8 Å². The number of anilines is 2. The molecule has 1 amide bonds. The molecule has 3 aromatic rings. The number of aliphatic hydroxyl groups excluding tert-OH is 1. The van der Waals surface area contributed by atoms with Gasteiger partial charge in [0.25, 0.3) is 0 Å². The highest BCUT2D eigenvalue weighted by molar-refractivity contribution is 7.92. The summed E-state index contributed by atoms with van der Waals surface area (Å²) in [5, 5.41) is 35.5. The van der Waals surface area contributed by atoms with Crippen LogP contribution in [0.5, 0.6) is 5.75 Å². The number of carboxylic acid groups (broad SMARTS) is 1. The summed E-state index contributed by atoms with van der Waals surface area (Å²) in [6, 6.07) is 17.8. The monoisotopic (exact) mass is 539 g/mol. The van der Waals surface area contributed by atoms with E-state index in [1.807, 2.05) is 42.5 Å². The van der Waals surface area contributed by atoms with Crippen LogP contribution in [-0.2, 0) is 32.6 Å². The third-order valence-corrected chi connectivity index (χ3v) is 6.84. The second-order valence-electron chi connectivity index (χ2n) is 9.36. The lowest BCUT2D eigenvalue weighted by atomic mass is 9.89. The number of aliphatic carboxylic acids is 1. The molecule has 0 spiro atoms. The van der Waals surface area contributed by atoms with Crippen LogP contribution in [0.15, 0.2) is 60.7 Å². The van der Waals surface area contributed by atoms with Crippen LogP contribution in [0.2, 0.25) is 0 Å². The molecule has 4 rings (SSSR count). The average molecular weight is 540 g/mol. The maximum Gasteiger partial charge on any atom is 0.304 e. The summed E-state index contributed by atoms with van der Waals surface area (Å²) < 4.78 is 25.2. The van der Waals surface area contributed by atoms with Gasteiger partial charge in [0.2, 0.25) is 15.9 Å². The van der Waals surface area contributed by atoms with E-state index in [2.05, 4.69) is 15.4 Å². The van der Waals surface area contributed by atoms with Crippen molar-refractivity contribution < 1.29 is 33.3 Å². The summed E-state index contributed by atoms with van der Waals surface area (Å²) in [7, 11) is -3.59. The molecule has 0 fully saturated rings. The first-order valence-corrected chi connectivity index (χ1v) is 13.8. The van der Waals surface area contributed by atoms with Crippen molar-refractivity contribution in [2.24, 2.45) is 5.92 Å². The molecule has 3 aromatic carbocycles. The highest BCUT2D eigenvalue weighted by atomic mass is 32.2. The lowest BCUT2D eigenvalue weighted by Crippen LogP contribution is -2.31. The van der Waals surface area contributed by atoms with E-state index in [0.29, 0.717) is 24.2 Å². The van der Waals surface area contributed by atoms with Crippen molar-refractivity contribution in [1.82, 2.24) is 5.32 Å². The van der Waals surface area contributed by atoms with Gasteiger partial charge >= 0.3 is 5.97 Å². The quantitative estimate of drug-likeness (QED) is 0.214. The number of hydrogen-bond acceptors (Lipinski definition) is 7. The summed E-state index contributed by atoms with van der Waals surface area (Å²) in [6.07, 6.45) is 0.179. The fourth-order valence-corrected chi connectivity index (χ4v) is 4.97. The van der Waals surface area contributed by atoms with Gasteiger partial charge in [0, 0.05) is 18.8 Å². The molecule has 0 saturated heterocycles. The number of carbonyl (C=O) groups excluding carboxylic acids is 1. The second-order valence-corrected chi connectivity index (χ2v) is 11.1. The van der Waals surface area contributed by atoms with Gasteiger partial charge in [0.15, 0.2) is 0 Å². The first-order chi connectivity index (χ1) is 18.0. The van der Waals surface area contributed by atoms with Crippen molar-refractivity contribution in [2.45, 2.75) is 25.5 Å². The summed E-state index contributed by atoms with van der Waals surface area (Å²) in [6.45, 7) is 0.649. The summed E-state index contributed by atoms with van der Waals surface area (Å²) in [5.41, 5.74) is 4.87. The summed E-state index contributed by atoms with van der Waals surface area (Å²) in [5.74, 6) is -2.13. The van der Waals surface area contributed by atoms with Gasteiger partial charge in [-0.3, -0.25) is 14.3 Å². The molecule has 0 aliphatic carbocycles. The van der Waals surface area contributed by atoms with Crippen molar-refractivity contribution in [3.8, 4) is 16.9 Å².